The average Bonchev–Trinajstić information content (AvgIpc) is 2.04. The number of carbonyl (C=O) groups is 1. The van der Waals surface area contributed by atoms with Crippen LogP contribution in [0.1, 0.15) is 5.56 Å². The zero-order chi connectivity index (χ0) is 9.68. The minimum atomic E-state index is -0.858. The van der Waals surface area contributed by atoms with Gasteiger partial charge in [0.25, 0.3) is 0 Å². The lowest BCUT2D eigenvalue weighted by molar-refractivity contribution is -0.136. The molecule has 0 amide bonds. The van der Waals surface area contributed by atoms with E-state index < -0.39 is 5.97 Å². The molecule has 0 aliphatic heterocycles. The van der Waals surface area contributed by atoms with Gasteiger partial charge < -0.3 is 5.11 Å². The van der Waals surface area contributed by atoms with Crippen molar-refractivity contribution in [3.05, 3.63) is 29.8 Å². The number of halogens is 1. The third-order valence-electron chi connectivity index (χ3n) is 1.44. The summed E-state index contributed by atoms with van der Waals surface area (Å²) < 4.78 is 0. The Balaban J connectivity index is 0.00000169. The highest BCUT2D eigenvalue weighted by Gasteiger charge is 1.99. The molecule has 0 fully saturated rings. The Morgan fingerprint density at radius 3 is 2.86 bits per heavy atom. The molecule has 3 nitrogen and oxygen atoms in total. The van der Waals surface area contributed by atoms with Gasteiger partial charge in [-0.2, -0.15) is 4.99 Å². The standard InChI is InChI=1S/C9H7NO2S.ClH/c11-9(12)5-7-2-1-3-8(4-7)10-6-13;/h1-4H,5H2,(H,11,12);1H. The molecule has 5 heteroatoms. The molecule has 0 aliphatic rings. The first-order valence-corrected chi connectivity index (χ1v) is 4.02. The van der Waals surface area contributed by atoms with Gasteiger partial charge in [-0.1, -0.05) is 12.1 Å². The summed E-state index contributed by atoms with van der Waals surface area (Å²) in [6, 6.07) is 6.89. The van der Waals surface area contributed by atoms with Gasteiger partial charge in [-0.3, -0.25) is 4.79 Å². The van der Waals surface area contributed by atoms with E-state index in [2.05, 4.69) is 22.4 Å². The number of aliphatic carboxylic acids is 1. The van der Waals surface area contributed by atoms with E-state index in [1.54, 1.807) is 24.3 Å². The summed E-state index contributed by atoms with van der Waals surface area (Å²) in [6.07, 6.45) is 0.000782. The maximum atomic E-state index is 10.4. The molecule has 0 saturated carbocycles. The number of rotatable bonds is 3. The SMILES string of the molecule is Cl.O=C(O)Cc1cccc(N=C=S)c1. The molecule has 0 saturated heterocycles. The Kier molecular flexibility index (Phi) is 5.72. The van der Waals surface area contributed by atoms with Crippen LogP contribution in [0.5, 0.6) is 0 Å². The van der Waals surface area contributed by atoms with E-state index in [1.165, 1.54) is 0 Å². The van der Waals surface area contributed by atoms with E-state index >= 15 is 0 Å². The molecule has 74 valence electrons. The largest absolute Gasteiger partial charge is 0.481 e. The van der Waals surface area contributed by atoms with Crippen molar-refractivity contribution >= 4 is 41.4 Å². The monoisotopic (exact) mass is 229 g/mol. The fourth-order valence-corrected chi connectivity index (χ4v) is 1.07. The fourth-order valence-electron chi connectivity index (χ4n) is 0.963. The Morgan fingerprint density at radius 1 is 1.57 bits per heavy atom. The first-order chi connectivity index (χ1) is 6.22. The van der Waals surface area contributed by atoms with Crippen LogP contribution in [-0.2, 0) is 11.2 Å². The number of benzene rings is 1. The summed E-state index contributed by atoms with van der Waals surface area (Å²) in [6.45, 7) is 0. The third-order valence-corrected chi connectivity index (χ3v) is 1.53. The maximum Gasteiger partial charge on any atom is 0.307 e. The molecule has 0 aromatic heterocycles. The smallest absolute Gasteiger partial charge is 0.307 e. The lowest BCUT2D eigenvalue weighted by Crippen LogP contribution is -1.99. The average molecular weight is 230 g/mol. The van der Waals surface area contributed by atoms with Crippen molar-refractivity contribution in [2.24, 2.45) is 4.99 Å². The lowest BCUT2D eigenvalue weighted by atomic mass is 10.1. The molecule has 0 bridgehead atoms. The van der Waals surface area contributed by atoms with Crippen LogP contribution in [0.4, 0.5) is 5.69 Å². The number of hydrogen-bond donors (Lipinski definition) is 1. The van der Waals surface area contributed by atoms with Gasteiger partial charge in [-0.25, -0.2) is 0 Å². The summed E-state index contributed by atoms with van der Waals surface area (Å²) in [5.41, 5.74) is 1.34. The summed E-state index contributed by atoms with van der Waals surface area (Å²) in [4.78, 5) is 14.1. The highest BCUT2D eigenvalue weighted by molar-refractivity contribution is 7.78. The minimum absolute atomic E-state index is 0. The number of carboxylic acids is 1. The maximum absolute atomic E-state index is 10.4. The van der Waals surface area contributed by atoms with Gasteiger partial charge in [-0.15, -0.1) is 12.4 Å². The van der Waals surface area contributed by atoms with E-state index in [0.29, 0.717) is 11.3 Å². The normalized spacial score (nSPS) is 8.29. The van der Waals surface area contributed by atoms with Crippen molar-refractivity contribution in [1.82, 2.24) is 0 Å². The molecule has 1 N–H and O–H groups in total. The zero-order valence-corrected chi connectivity index (χ0v) is 8.77. The molecule has 0 atom stereocenters. The van der Waals surface area contributed by atoms with E-state index in [9.17, 15) is 4.79 Å². The molecule has 1 aromatic carbocycles. The Hall–Kier alpha value is -1.22. The highest BCUT2D eigenvalue weighted by atomic mass is 35.5. The van der Waals surface area contributed by atoms with Gasteiger partial charge >= 0.3 is 5.97 Å². The van der Waals surface area contributed by atoms with Crippen molar-refractivity contribution in [3.63, 3.8) is 0 Å². The molecule has 1 aromatic rings. The van der Waals surface area contributed by atoms with Crippen LogP contribution in [0.3, 0.4) is 0 Å². The molecule has 0 radical (unpaired) electrons. The highest BCUT2D eigenvalue weighted by Crippen LogP contribution is 2.13. The Labute approximate surface area is 92.9 Å². The molecule has 0 aliphatic carbocycles. The number of hydrogen-bond acceptors (Lipinski definition) is 3. The topological polar surface area (TPSA) is 49.7 Å². The van der Waals surface area contributed by atoms with Crippen molar-refractivity contribution in [3.8, 4) is 0 Å². The van der Waals surface area contributed by atoms with Crippen LogP contribution >= 0.6 is 24.6 Å². The van der Waals surface area contributed by atoms with Crippen LogP contribution in [0, 0.1) is 0 Å². The van der Waals surface area contributed by atoms with E-state index in [0.717, 1.165) is 0 Å². The number of aliphatic imine (C=N–C) groups is 1. The van der Waals surface area contributed by atoms with E-state index in [1.807, 2.05) is 0 Å². The van der Waals surface area contributed by atoms with Crippen molar-refractivity contribution in [1.29, 1.82) is 0 Å². The second kappa shape index (κ2) is 6.27. The molecule has 0 spiro atoms. The summed E-state index contributed by atoms with van der Waals surface area (Å²) in [7, 11) is 0. The van der Waals surface area contributed by atoms with E-state index in [4.69, 9.17) is 5.11 Å². The first kappa shape index (κ1) is 12.8. The third kappa shape index (κ3) is 4.14. The van der Waals surface area contributed by atoms with Crippen molar-refractivity contribution < 1.29 is 9.90 Å². The van der Waals surface area contributed by atoms with Gasteiger partial charge in [0.05, 0.1) is 17.3 Å². The lowest BCUT2D eigenvalue weighted by Gasteiger charge is -1.96. The first-order valence-electron chi connectivity index (χ1n) is 3.61. The van der Waals surface area contributed by atoms with Crippen molar-refractivity contribution in [2.45, 2.75) is 6.42 Å². The number of carboxylic acid groups (broad SMARTS) is 1. The second-order valence-electron chi connectivity index (χ2n) is 2.44. The molecule has 0 heterocycles. The molecule has 1 rings (SSSR count). The number of nitrogens with zero attached hydrogens (tertiary/aromatic N) is 1. The second-order valence-corrected chi connectivity index (χ2v) is 2.63. The predicted molar refractivity (Wildman–Crippen MR) is 59.7 cm³/mol. The number of isothiocyanates is 1. The molecule has 0 unspecified atom stereocenters. The van der Waals surface area contributed by atoms with Crippen LogP contribution < -0.4 is 0 Å². The zero-order valence-electron chi connectivity index (χ0n) is 7.14. The Morgan fingerprint density at radius 2 is 2.29 bits per heavy atom. The quantitative estimate of drug-likeness (QED) is 0.640. The Bertz CT molecular complexity index is 375. The molecule has 14 heavy (non-hydrogen) atoms. The van der Waals surface area contributed by atoms with Crippen LogP contribution in [0.2, 0.25) is 0 Å². The van der Waals surface area contributed by atoms with Gasteiger partial charge in [-0.05, 0) is 29.9 Å². The summed E-state index contributed by atoms with van der Waals surface area (Å²) >= 11 is 4.43. The predicted octanol–water partition coefficient (Wildman–Crippen LogP) is 2.47. The van der Waals surface area contributed by atoms with Gasteiger partial charge in [0.15, 0.2) is 0 Å². The van der Waals surface area contributed by atoms with Gasteiger partial charge in [0.1, 0.15) is 0 Å². The summed E-state index contributed by atoms with van der Waals surface area (Å²) in [5, 5.41) is 10.7. The summed E-state index contributed by atoms with van der Waals surface area (Å²) in [5.74, 6) is -0.858. The fraction of sp³-hybridized carbons (Fsp3) is 0.111. The van der Waals surface area contributed by atoms with Gasteiger partial charge in [0, 0.05) is 0 Å². The van der Waals surface area contributed by atoms with Crippen LogP contribution in [-0.4, -0.2) is 16.2 Å². The number of thiocarbonyl (C=S) groups is 1. The van der Waals surface area contributed by atoms with Crippen LogP contribution in [0.25, 0.3) is 0 Å². The van der Waals surface area contributed by atoms with Crippen molar-refractivity contribution in [2.75, 3.05) is 0 Å². The van der Waals surface area contributed by atoms with E-state index in [-0.39, 0.29) is 18.8 Å². The minimum Gasteiger partial charge on any atom is -0.481 e. The molecular formula is C9H8ClNO2S. The molecular weight excluding hydrogens is 222 g/mol. The van der Waals surface area contributed by atoms with Crippen LogP contribution in [0.15, 0.2) is 29.3 Å². The van der Waals surface area contributed by atoms with Gasteiger partial charge in [0.2, 0.25) is 0 Å².